The first kappa shape index (κ1) is 24.8. The van der Waals surface area contributed by atoms with Crippen molar-refractivity contribution in [3.63, 3.8) is 0 Å². The van der Waals surface area contributed by atoms with Gasteiger partial charge in [-0.3, -0.25) is 13.8 Å². The quantitative estimate of drug-likeness (QED) is 0.199. The van der Waals surface area contributed by atoms with Gasteiger partial charge in [0.1, 0.15) is 22.8 Å². The maximum absolute atomic E-state index is 6.55. The zero-order valence-electron chi connectivity index (χ0n) is 24.5. The highest BCUT2D eigenvalue weighted by Gasteiger charge is 2.18. The van der Waals surface area contributed by atoms with Gasteiger partial charge in [-0.2, -0.15) is 0 Å². The number of rotatable bonds is 3. The summed E-state index contributed by atoms with van der Waals surface area (Å²) in [5.74, 6) is 1.51. The Kier molecular flexibility index (Phi) is 5.14. The topological polar surface area (TPSA) is 56.7 Å². The molecule has 4 aromatic carbocycles. The molecule has 0 fully saturated rings. The predicted molar refractivity (Wildman–Crippen MR) is 178 cm³/mol. The van der Waals surface area contributed by atoms with E-state index in [4.69, 9.17) is 9.72 Å². The van der Waals surface area contributed by atoms with Crippen LogP contribution in [0.15, 0.2) is 110 Å². The number of aromatic nitrogens is 5. The van der Waals surface area contributed by atoms with Gasteiger partial charge in [0.25, 0.3) is 0 Å². The van der Waals surface area contributed by atoms with E-state index in [0.29, 0.717) is 0 Å². The highest BCUT2D eigenvalue weighted by molar-refractivity contribution is 6.13. The lowest BCUT2D eigenvalue weighted by molar-refractivity contribution is 0.484. The van der Waals surface area contributed by atoms with Crippen LogP contribution in [0.3, 0.4) is 0 Å². The van der Waals surface area contributed by atoms with Crippen LogP contribution in [0, 0.1) is 20.8 Å². The number of benzene rings is 4. The molecule has 0 aliphatic rings. The Bertz CT molecular complexity index is 2600. The van der Waals surface area contributed by atoms with E-state index in [1.807, 2.05) is 43.1 Å². The number of pyridine rings is 3. The summed E-state index contributed by atoms with van der Waals surface area (Å²) in [5, 5.41) is 6.64. The van der Waals surface area contributed by atoms with Crippen molar-refractivity contribution in [2.75, 3.05) is 0 Å². The van der Waals surface area contributed by atoms with E-state index in [-0.39, 0.29) is 0 Å². The van der Waals surface area contributed by atoms with Gasteiger partial charge in [-0.25, -0.2) is 9.97 Å². The van der Waals surface area contributed by atoms with Gasteiger partial charge in [0.15, 0.2) is 0 Å². The molecule has 9 rings (SSSR count). The lowest BCUT2D eigenvalue weighted by Crippen LogP contribution is -1.97. The number of hydrogen-bond acceptors (Lipinski definition) is 4. The summed E-state index contributed by atoms with van der Waals surface area (Å²) in [4.78, 5) is 14.0. The fourth-order valence-corrected chi connectivity index (χ4v) is 7.09. The molecule has 0 saturated heterocycles. The van der Waals surface area contributed by atoms with Crippen LogP contribution in [0.5, 0.6) is 11.5 Å². The number of hydrogen-bond donors (Lipinski definition) is 0. The molecule has 6 heteroatoms. The second-order valence-corrected chi connectivity index (χ2v) is 11.6. The van der Waals surface area contributed by atoms with Gasteiger partial charge in [0.05, 0.1) is 29.1 Å². The van der Waals surface area contributed by atoms with Crippen molar-refractivity contribution in [2.24, 2.45) is 0 Å². The van der Waals surface area contributed by atoms with E-state index in [0.717, 1.165) is 66.5 Å². The van der Waals surface area contributed by atoms with Crippen LogP contribution in [-0.2, 0) is 0 Å². The van der Waals surface area contributed by atoms with E-state index >= 15 is 0 Å². The van der Waals surface area contributed by atoms with Crippen LogP contribution >= 0.6 is 0 Å². The van der Waals surface area contributed by atoms with Gasteiger partial charge in [0, 0.05) is 45.7 Å². The lowest BCUT2D eigenvalue weighted by Gasteiger charge is -2.15. The summed E-state index contributed by atoms with van der Waals surface area (Å²) in [5.41, 5.74) is 10.0. The average molecular weight is 570 g/mol. The molecule has 210 valence electrons. The summed E-state index contributed by atoms with van der Waals surface area (Å²) in [6, 6.07) is 27.6. The third-order valence-corrected chi connectivity index (χ3v) is 8.82. The molecule has 44 heavy (non-hydrogen) atoms. The number of nitrogens with zero attached hydrogens (tertiary/aromatic N) is 5. The van der Waals surface area contributed by atoms with Crippen LogP contribution in [0.1, 0.15) is 16.7 Å². The number of para-hydroxylation sites is 1. The predicted octanol–water partition coefficient (Wildman–Crippen LogP) is 9.37. The Morgan fingerprint density at radius 2 is 1.30 bits per heavy atom. The molecule has 0 bridgehead atoms. The minimum absolute atomic E-state index is 0.752. The molecule has 0 N–H and O–H groups in total. The Labute approximate surface area is 252 Å². The Morgan fingerprint density at radius 1 is 0.591 bits per heavy atom. The van der Waals surface area contributed by atoms with Crippen molar-refractivity contribution in [1.82, 2.24) is 23.8 Å². The van der Waals surface area contributed by atoms with Crippen LogP contribution in [0.4, 0.5) is 0 Å². The first-order valence-corrected chi connectivity index (χ1v) is 14.8. The van der Waals surface area contributed by atoms with Crippen LogP contribution in [0.25, 0.3) is 65.9 Å². The highest BCUT2D eigenvalue weighted by atomic mass is 16.5. The number of imidazole rings is 2. The van der Waals surface area contributed by atoms with E-state index in [1.165, 1.54) is 27.6 Å². The summed E-state index contributed by atoms with van der Waals surface area (Å²) in [7, 11) is 0. The summed E-state index contributed by atoms with van der Waals surface area (Å²) in [6.45, 7) is 6.52. The largest absolute Gasteiger partial charge is 0.457 e. The summed E-state index contributed by atoms with van der Waals surface area (Å²) >= 11 is 0. The van der Waals surface area contributed by atoms with E-state index in [9.17, 15) is 0 Å². The van der Waals surface area contributed by atoms with Gasteiger partial charge in [0.2, 0.25) is 0 Å². The minimum atomic E-state index is 0.752. The maximum atomic E-state index is 6.55. The van der Waals surface area contributed by atoms with Gasteiger partial charge in [-0.1, -0.05) is 35.9 Å². The second-order valence-electron chi connectivity index (χ2n) is 11.6. The van der Waals surface area contributed by atoms with E-state index in [1.54, 1.807) is 0 Å². The minimum Gasteiger partial charge on any atom is -0.457 e. The van der Waals surface area contributed by atoms with E-state index in [2.05, 4.69) is 106 Å². The van der Waals surface area contributed by atoms with Crippen LogP contribution < -0.4 is 4.74 Å². The summed E-state index contributed by atoms with van der Waals surface area (Å²) < 4.78 is 10.9. The van der Waals surface area contributed by atoms with Crippen molar-refractivity contribution < 1.29 is 4.74 Å². The molecule has 0 spiro atoms. The summed E-state index contributed by atoms with van der Waals surface area (Å²) in [6.07, 6.45) is 9.53. The van der Waals surface area contributed by atoms with Crippen LogP contribution in [-0.4, -0.2) is 23.8 Å². The molecule has 9 aromatic rings. The third kappa shape index (κ3) is 3.51. The van der Waals surface area contributed by atoms with Crippen molar-refractivity contribution in [1.29, 1.82) is 0 Å². The van der Waals surface area contributed by atoms with Crippen molar-refractivity contribution >= 4 is 54.6 Å². The maximum Gasteiger partial charge on any atom is 0.145 e. The van der Waals surface area contributed by atoms with Gasteiger partial charge in [-0.15, -0.1) is 0 Å². The Balaban J connectivity index is 1.24. The number of ether oxygens (including phenoxy) is 1. The lowest BCUT2D eigenvalue weighted by atomic mass is 9.97. The molecule has 0 amide bonds. The smallest absolute Gasteiger partial charge is 0.145 e. The average Bonchev–Trinajstić information content (AvgIpc) is 3.70. The first-order valence-electron chi connectivity index (χ1n) is 14.8. The third-order valence-electron chi connectivity index (χ3n) is 8.82. The molecule has 0 aliphatic heterocycles. The molecular formula is C38H27N5O. The Hall–Kier alpha value is -5.75. The molecule has 0 aliphatic carbocycles. The van der Waals surface area contributed by atoms with Crippen molar-refractivity contribution in [3.05, 3.63) is 127 Å². The van der Waals surface area contributed by atoms with Gasteiger partial charge >= 0.3 is 0 Å². The van der Waals surface area contributed by atoms with Crippen molar-refractivity contribution in [3.8, 4) is 22.8 Å². The second kappa shape index (κ2) is 9.12. The SMILES string of the molecule is Cc1cc(C)c(-c2cnc3c4cc(Oc5ccc6c7ccncc7n7ccnc7c6c5)ccc4c4ccccc4n23)c(C)c1. The molecular weight excluding hydrogens is 542 g/mol. The highest BCUT2D eigenvalue weighted by Crippen LogP contribution is 2.38. The molecule has 0 radical (unpaired) electrons. The normalized spacial score (nSPS) is 12.0. The fraction of sp³-hybridized carbons (Fsp3) is 0.0789. The molecule has 5 heterocycles. The standard InChI is InChI=1S/C38H27N5O/c1-22-16-23(2)36(24(3)17-22)35-21-41-38-32-19-26(8-10-27(32)29-6-4-5-7-33(29)43(35)38)44-25-9-11-28-30-12-13-39-20-34(30)42-15-14-40-37(42)31(28)18-25/h4-21H,1-3H3. The number of fused-ring (bicyclic) bond motifs is 12. The van der Waals surface area contributed by atoms with E-state index < -0.39 is 0 Å². The molecule has 0 saturated carbocycles. The van der Waals surface area contributed by atoms with Gasteiger partial charge in [-0.05, 0) is 91.2 Å². The zero-order chi connectivity index (χ0) is 29.5. The van der Waals surface area contributed by atoms with Crippen molar-refractivity contribution in [2.45, 2.75) is 20.8 Å². The fourth-order valence-electron chi connectivity index (χ4n) is 7.09. The zero-order valence-corrected chi connectivity index (χ0v) is 24.5. The first-order chi connectivity index (χ1) is 21.5. The molecule has 0 atom stereocenters. The van der Waals surface area contributed by atoms with Crippen LogP contribution in [0.2, 0.25) is 0 Å². The molecule has 5 aromatic heterocycles. The number of aryl methyl sites for hydroxylation is 3. The Morgan fingerprint density at radius 3 is 2.07 bits per heavy atom. The monoisotopic (exact) mass is 569 g/mol. The molecule has 6 nitrogen and oxygen atoms in total. The van der Waals surface area contributed by atoms with Gasteiger partial charge < -0.3 is 4.74 Å². The molecule has 0 unspecified atom stereocenters.